The van der Waals surface area contributed by atoms with E-state index in [-0.39, 0.29) is 10.8 Å². The first-order chi connectivity index (χ1) is 11.9. The van der Waals surface area contributed by atoms with Crippen LogP contribution in [0.3, 0.4) is 0 Å². The number of hydrogen-bond donors (Lipinski definition) is 2. The maximum atomic E-state index is 10.7. The topological polar surface area (TPSA) is 49.7 Å². The van der Waals surface area contributed by atoms with Crippen molar-refractivity contribution in [1.29, 1.82) is 0 Å². The smallest absolute Gasteiger partial charge is 0.188 e. The molecule has 150 valence electrons. The van der Waals surface area contributed by atoms with Gasteiger partial charge in [0.25, 0.3) is 0 Å². The van der Waals surface area contributed by atoms with Crippen LogP contribution >= 0.6 is 7.94 Å². The highest BCUT2D eigenvalue weighted by atomic mass is 31.2. The second-order valence-corrected chi connectivity index (χ2v) is 11.2. The number of rotatable bonds is 9. The second kappa shape index (κ2) is 9.64. The molecule has 3 nitrogen and oxygen atoms in total. The quantitative estimate of drug-likeness (QED) is 0.404. The Morgan fingerprint density at radius 1 is 0.846 bits per heavy atom. The first kappa shape index (κ1) is 23.6. The minimum Gasteiger partial charge on any atom is -0.188 e. The Balaban J connectivity index is 2.87. The lowest BCUT2D eigenvalue weighted by molar-refractivity contribution is 0.233. The van der Waals surface area contributed by atoms with Crippen LogP contribution < -0.4 is 5.30 Å². The Kier molecular flexibility index (Phi) is 8.74. The van der Waals surface area contributed by atoms with E-state index >= 15 is 0 Å². The summed E-state index contributed by atoms with van der Waals surface area (Å²) >= 11 is 0. The van der Waals surface area contributed by atoms with Crippen LogP contribution in [0.5, 0.6) is 0 Å². The Labute approximate surface area is 161 Å². The molecular formula is C22H40O3P+. The molecular weight excluding hydrogens is 343 g/mol. The fourth-order valence-electron chi connectivity index (χ4n) is 3.00. The molecule has 0 amide bonds. The summed E-state index contributed by atoms with van der Waals surface area (Å²) in [5.74, 6) is 0. The van der Waals surface area contributed by atoms with Gasteiger partial charge >= 0.3 is 7.94 Å². The van der Waals surface area contributed by atoms with E-state index in [1.165, 1.54) is 31.2 Å². The van der Waals surface area contributed by atoms with Gasteiger partial charge in [-0.3, -0.25) is 0 Å². The first-order valence-corrected chi connectivity index (χ1v) is 11.7. The fourth-order valence-corrected chi connectivity index (χ4v) is 4.51. The molecule has 0 aromatic heterocycles. The Hall–Kier alpha value is -0.470. The molecule has 0 atom stereocenters. The van der Waals surface area contributed by atoms with Gasteiger partial charge in [0.1, 0.15) is 0 Å². The maximum Gasteiger partial charge on any atom is 0.443 e. The minimum absolute atomic E-state index is 0.0178. The first-order valence-electron chi connectivity index (χ1n) is 10.0. The molecule has 0 fully saturated rings. The van der Waals surface area contributed by atoms with Crippen LogP contribution in [0.15, 0.2) is 18.2 Å². The van der Waals surface area contributed by atoms with Crippen molar-refractivity contribution < 1.29 is 14.3 Å². The lowest BCUT2D eigenvalue weighted by atomic mass is 9.81. The summed E-state index contributed by atoms with van der Waals surface area (Å²) in [7, 11) is -3.56. The van der Waals surface area contributed by atoms with E-state index < -0.39 is 7.94 Å². The maximum absolute atomic E-state index is 10.7. The van der Waals surface area contributed by atoms with Gasteiger partial charge in [0.05, 0.1) is 6.61 Å². The third kappa shape index (κ3) is 7.27. The SMILES string of the molecule is CCCCCCCCO[P+](O)(O)c1ccc(C(C)(C)C)cc1C(C)(C)C. The molecule has 1 aromatic rings. The van der Waals surface area contributed by atoms with Crippen molar-refractivity contribution in [3.8, 4) is 0 Å². The predicted molar refractivity (Wildman–Crippen MR) is 114 cm³/mol. The van der Waals surface area contributed by atoms with Gasteiger partial charge < -0.3 is 0 Å². The highest BCUT2D eigenvalue weighted by molar-refractivity contribution is 7.67. The monoisotopic (exact) mass is 383 g/mol. The zero-order valence-corrected chi connectivity index (χ0v) is 18.8. The molecule has 1 aromatic carbocycles. The molecule has 0 aliphatic rings. The van der Waals surface area contributed by atoms with E-state index in [4.69, 9.17) is 4.52 Å². The molecule has 0 saturated carbocycles. The average molecular weight is 384 g/mol. The molecule has 0 radical (unpaired) electrons. The zero-order valence-electron chi connectivity index (χ0n) is 17.9. The molecule has 2 N–H and O–H groups in total. The van der Waals surface area contributed by atoms with E-state index in [1.807, 2.05) is 12.1 Å². The third-order valence-electron chi connectivity index (χ3n) is 4.75. The van der Waals surface area contributed by atoms with Crippen LogP contribution in [-0.2, 0) is 15.4 Å². The van der Waals surface area contributed by atoms with E-state index in [0.29, 0.717) is 11.9 Å². The molecule has 4 heteroatoms. The van der Waals surface area contributed by atoms with Crippen LogP contribution in [0, 0.1) is 0 Å². The predicted octanol–water partition coefficient (Wildman–Crippen LogP) is 6.03. The second-order valence-electron chi connectivity index (χ2n) is 9.38. The normalized spacial score (nSPS) is 13.3. The molecule has 0 bridgehead atoms. The highest BCUT2D eigenvalue weighted by Crippen LogP contribution is 2.52. The van der Waals surface area contributed by atoms with Gasteiger partial charge in [0.2, 0.25) is 0 Å². The summed E-state index contributed by atoms with van der Waals surface area (Å²) in [6.45, 7) is 15.4. The Morgan fingerprint density at radius 3 is 1.96 bits per heavy atom. The number of unbranched alkanes of at least 4 members (excludes halogenated alkanes) is 5. The summed E-state index contributed by atoms with van der Waals surface area (Å²) in [6, 6.07) is 5.97. The fraction of sp³-hybridized carbons (Fsp3) is 0.727. The van der Waals surface area contributed by atoms with Crippen molar-refractivity contribution in [2.24, 2.45) is 0 Å². The molecule has 0 heterocycles. The molecule has 26 heavy (non-hydrogen) atoms. The van der Waals surface area contributed by atoms with Gasteiger partial charge in [-0.2, -0.15) is 14.3 Å². The zero-order chi connectivity index (χ0) is 20.0. The summed E-state index contributed by atoms with van der Waals surface area (Å²) in [5.41, 5.74) is 1.99. The largest absolute Gasteiger partial charge is 0.443 e. The Bertz CT molecular complexity index is 553. The third-order valence-corrected chi connectivity index (χ3v) is 6.31. The molecule has 0 aliphatic carbocycles. The highest BCUT2D eigenvalue weighted by Gasteiger charge is 2.44. The summed E-state index contributed by atoms with van der Waals surface area (Å²) < 4.78 is 5.61. The van der Waals surface area contributed by atoms with Gasteiger partial charge in [-0.25, -0.2) is 0 Å². The van der Waals surface area contributed by atoms with E-state index in [2.05, 4.69) is 54.5 Å². The van der Waals surface area contributed by atoms with Crippen molar-refractivity contribution in [3.05, 3.63) is 29.3 Å². The van der Waals surface area contributed by atoms with Crippen molar-refractivity contribution >= 4 is 13.2 Å². The van der Waals surface area contributed by atoms with Crippen LogP contribution in [0.2, 0.25) is 0 Å². The van der Waals surface area contributed by atoms with Crippen molar-refractivity contribution in [1.82, 2.24) is 0 Å². The van der Waals surface area contributed by atoms with Crippen molar-refractivity contribution in [2.75, 3.05) is 6.61 Å². The van der Waals surface area contributed by atoms with E-state index in [0.717, 1.165) is 18.4 Å². The summed E-state index contributed by atoms with van der Waals surface area (Å²) in [6.07, 6.45) is 6.89. The lowest BCUT2D eigenvalue weighted by Crippen LogP contribution is -2.28. The van der Waals surface area contributed by atoms with Gasteiger partial charge in [0, 0.05) is 5.56 Å². The molecule has 0 unspecified atom stereocenters. The van der Waals surface area contributed by atoms with Crippen LogP contribution in [-0.4, -0.2) is 16.4 Å². The van der Waals surface area contributed by atoms with Crippen LogP contribution in [0.25, 0.3) is 0 Å². The van der Waals surface area contributed by atoms with E-state index in [9.17, 15) is 9.79 Å². The standard InChI is InChI=1S/C22H40O3P/c1-8-9-10-11-12-13-16-25-26(23,24)20-15-14-18(21(2,3)4)17-19(20)22(5,6)7/h14-15,17,23-24H,8-13,16H2,1-7H3/q+1. The minimum atomic E-state index is -3.56. The average Bonchev–Trinajstić information content (AvgIpc) is 2.51. The Morgan fingerprint density at radius 2 is 1.42 bits per heavy atom. The molecule has 0 spiro atoms. The molecule has 0 saturated heterocycles. The van der Waals surface area contributed by atoms with Gasteiger partial charge in [-0.1, -0.05) is 92.7 Å². The molecule has 0 aliphatic heterocycles. The molecule has 1 rings (SSSR count). The van der Waals surface area contributed by atoms with Gasteiger partial charge in [0.15, 0.2) is 5.30 Å². The van der Waals surface area contributed by atoms with Crippen LogP contribution in [0.4, 0.5) is 0 Å². The van der Waals surface area contributed by atoms with Gasteiger partial charge in [-0.05, 0) is 28.9 Å². The lowest BCUT2D eigenvalue weighted by Gasteiger charge is -2.27. The van der Waals surface area contributed by atoms with Crippen molar-refractivity contribution in [3.63, 3.8) is 0 Å². The summed E-state index contributed by atoms with van der Waals surface area (Å²) in [5, 5.41) is 0.559. The van der Waals surface area contributed by atoms with Gasteiger partial charge in [-0.15, -0.1) is 0 Å². The number of benzene rings is 1. The van der Waals surface area contributed by atoms with E-state index in [1.54, 1.807) is 0 Å². The number of hydrogen-bond acceptors (Lipinski definition) is 3. The van der Waals surface area contributed by atoms with Crippen LogP contribution in [0.1, 0.15) is 98.1 Å². The summed E-state index contributed by atoms with van der Waals surface area (Å²) in [4.78, 5) is 21.4. The van der Waals surface area contributed by atoms with Crippen molar-refractivity contribution in [2.45, 2.75) is 97.8 Å².